The van der Waals surface area contributed by atoms with Crippen LogP contribution in [0.5, 0.6) is 23.5 Å². The maximum Gasteiger partial charge on any atom is 0.225 e. The van der Waals surface area contributed by atoms with Gasteiger partial charge in [-0.2, -0.15) is 0 Å². The Balaban J connectivity index is 0.000000240. The predicted octanol–water partition coefficient (Wildman–Crippen LogP) is 1.37. The van der Waals surface area contributed by atoms with Crippen molar-refractivity contribution in [2.45, 2.75) is 11.9 Å². The molecule has 2 aromatic heterocycles. The SMILES string of the molecule is COc1ncnc(OC)c1CBr.COc1ncnc(OC)c1CO. The third-order valence-electron chi connectivity index (χ3n) is 2.80. The number of rotatable bonds is 6. The zero-order chi connectivity index (χ0) is 17.9. The molecule has 0 fully saturated rings. The highest BCUT2D eigenvalue weighted by atomic mass is 79.9. The maximum atomic E-state index is 8.92. The summed E-state index contributed by atoms with van der Waals surface area (Å²) in [6.07, 6.45) is 2.72. The van der Waals surface area contributed by atoms with E-state index in [0.717, 1.165) is 5.56 Å². The van der Waals surface area contributed by atoms with E-state index in [0.29, 0.717) is 34.4 Å². The lowest BCUT2D eigenvalue weighted by atomic mass is 10.3. The van der Waals surface area contributed by atoms with Crippen molar-refractivity contribution in [2.24, 2.45) is 0 Å². The van der Waals surface area contributed by atoms with Crippen LogP contribution in [0, 0.1) is 0 Å². The van der Waals surface area contributed by atoms with Gasteiger partial charge in [0.25, 0.3) is 0 Å². The molecule has 2 aromatic rings. The molecule has 0 unspecified atom stereocenters. The molecule has 2 heterocycles. The Morgan fingerprint density at radius 2 is 1.08 bits per heavy atom. The summed E-state index contributed by atoms with van der Waals surface area (Å²) >= 11 is 3.30. The Hall–Kier alpha value is -2.20. The first-order valence-corrected chi connectivity index (χ1v) is 7.79. The number of hydrogen-bond donors (Lipinski definition) is 1. The second-order valence-corrected chi connectivity index (χ2v) is 4.59. The summed E-state index contributed by atoms with van der Waals surface area (Å²) in [6, 6.07) is 0. The molecule has 0 bridgehead atoms. The van der Waals surface area contributed by atoms with Crippen LogP contribution in [0.2, 0.25) is 0 Å². The molecular weight excluding hydrogens is 384 g/mol. The molecule has 0 saturated carbocycles. The van der Waals surface area contributed by atoms with E-state index in [1.165, 1.54) is 26.9 Å². The number of aromatic nitrogens is 4. The van der Waals surface area contributed by atoms with Gasteiger partial charge in [0.05, 0.1) is 40.6 Å². The molecule has 0 aliphatic heterocycles. The third-order valence-corrected chi connectivity index (χ3v) is 3.36. The predicted molar refractivity (Wildman–Crippen MR) is 88.8 cm³/mol. The lowest BCUT2D eigenvalue weighted by Gasteiger charge is -2.07. The van der Waals surface area contributed by atoms with Gasteiger partial charge in [0.15, 0.2) is 0 Å². The molecule has 0 saturated heterocycles. The van der Waals surface area contributed by atoms with Gasteiger partial charge in [-0.15, -0.1) is 0 Å². The highest BCUT2D eigenvalue weighted by Gasteiger charge is 2.11. The molecule has 0 radical (unpaired) electrons. The van der Waals surface area contributed by atoms with Crippen LogP contribution in [0.25, 0.3) is 0 Å². The number of ether oxygens (including phenoxy) is 4. The number of nitrogens with zero attached hydrogens (tertiary/aromatic N) is 4. The lowest BCUT2D eigenvalue weighted by Crippen LogP contribution is -2.00. The zero-order valence-electron chi connectivity index (χ0n) is 13.8. The van der Waals surface area contributed by atoms with E-state index in [2.05, 4.69) is 35.9 Å². The number of aliphatic hydroxyl groups excluding tert-OH is 1. The van der Waals surface area contributed by atoms with E-state index in [9.17, 15) is 0 Å². The van der Waals surface area contributed by atoms with Crippen molar-refractivity contribution >= 4 is 15.9 Å². The minimum atomic E-state index is -0.201. The molecule has 2 rings (SSSR count). The zero-order valence-corrected chi connectivity index (χ0v) is 15.4. The van der Waals surface area contributed by atoms with E-state index < -0.39 is 0 Å². The minimum absolute atomic E-state index is 0.201. The van der Waals surface area contributed by atoms with Gasteiger partial charge in [-0.25, -0.2) is 19.9 Å². The van der Waals surface area contributed by atoms with Gasteiger partial charge in [-0.1, -0.05) is 15.9 Å². The molecule has 0 spiro atoms. The van der Waals surface area contributed by atoms with Gasteiger partial charge >= 0.3 is 0 Å². The van der Waals surface area contributed by atoms with Crippen molar-refractivity contribution < 1.29 is 24.1 Å². The Morgan fingerprint density at radius 3 is 1.33 bits per heavy atom. The second kappa shape index (κ2) is 10.6. The van der Waals surface area contributed by atoms with Crippen molar-refractivity contribution in [1.82, 2.24) is 19.9 Å². The number of alkyl halides is 1. The second-order valence-electron chi connectivity index (χ2n) is 4.03. The summed E-state index contributed by atoms with van der Waals surface area (Å²) in [5.41, 5.74) is 1.28. The Bertz CT molecular complexity index is 545. The first-order chi connectivity index (χ1) is 11.7. The smallest absolute Gasteiger partial charge is 0.225 e. The van der Waals surface area contributed by atoms with E-state index in [1.54, 1.807) is 14.2 Å². The number of methoxy groups -OCH3 is 4. The Kier molecular flexibility index (Phi) is 8.72. The average molecular weight is 403 g/mol. The minimum Gasteiger partial charge on any atom is -0.481 e. The van der Waals surface area contributed by atoms with Crippen LogP contribution >= 0.6 is 15.9 Å². The van der Waals surface area contributed by atoms with Crippen molar-refractivity contribution in [2.75, 3.05) is 28.4 Å². The van der Waals surface area contributed by atoms with Crippen LogP contribution in [0.4, 0.5) is 0 Å². The molecule has 24 heavy (non-hydrogen) atoms. The molecular formula is C14H19BrN4O5. The van der Waals surface area contributed by atoms with Crippen molar-refractivity contribution in [3.8, 4) is 23.5 Å². The lowest BCUT2D eigenvalue weighted by molar-refractivity contribution is 0.259. The fourth-order valence-corrected chi connectivity index (χ4v) is 2.19. The van der Waals surface area contributed by atoms with Crippen LogP contribution in [0.1, 0.15) is 11.1 Å². The normalized spacial score (nSPS) is 9.58. The quantitative estimate of drug-likeness (QED) is 0.716. The van der Waals surface area contributed by atoms with Crippen molar-refractivity contribution in [3.63, 3.8) is 0 Å². The molecule has 1 N–H and O–H groups in total. The van der Waals surface area contributed by atoms with Crippen LogP contribution in [-0.2, 0) is 11.9 Å². The van der Waals surface area contributed by atoms with E-state index in [1.807, 2.05) is 0 Å². The topological polar surface area (TPSA) is 109 Å². The first-order valence-electron chi connectivity index (χ1n) is 6.67. The maximum absolute atomic E-state index is 8.92. The van der Waals surface area contributed by atoms with Crippen molar-refractivity contribution in [3.05, 3.63) is 23.8 Å². The van der Waals surface area contributed by atoms with Crippen LogP contribution in [0.15, 0.2) is 12.7 Å². The molecule has 0 aliphatic carbocycles. The number of hydrogen-bond acceptors (Lipinski definition) is 9. The molecule has 0 aliphatic rings. The largest absolute Gasteiger partial charge is 0.481 e. The van der Waals surface area contributed by atoms with Gasteiger partial charge in [0.2, 0.25) is 23.5 Å². The highest BCUT2D eigenvalue weighted by Crippen LogP contribution is 2.25. The summed E-state index contributed by atoms with van der Waals surface area (Å²) < 4.78 is 19.8. The van der Waals surface area contributed by atoms with Crippen LogP contribution < -0.4 is 18.9 Å². The molecule has 0 aromatic carbocycles. The molecule has 9 nitrogen and oxygen atoms in total. The first kappa shape index (κ1) is 19.8. The van der Waals surface area contributed by atoms with Gasteiger partial charge in [0, 0.05) is 5.33 Å². The summed E-state index contributed by atoms with van der Waals surface area (Å²) in [7, 11) is 6.07. The fourth-order valence-electron chi connectivity index (χ4n) is 1.72. The summed E-state index contributed by atoms with van der Waals surface area (Å²) in [6.45, 7) is -0.201. The Labute approximate surface area is 148 Å². The highest BCUT2D eigenvalue weighted by molar-refractivity contribution is 9.08. The van der Waals surface area contributed by atoms with E-state index >= 15 is 0 Å². The third kappa shape index (κ3) is 4.90. The Morgan fingerprint density at radius 1 is 0.750 bits per heavy atom. The molecule has 132 valence electrons. The standard InChI is InChI=1S/C7H9BrN2O2.C7H10N2O3/c1-11-6-5(3-8)7(12-2)10-4-9-6;1-11-6-5(3-10)7(12-2)9-4-8-6/h4H,3H2,1-2H3;4,10H,3H2,1-2H3. The van der Waals surface area contributed by atoms with Gasteiger partial charge in [-0.3, -0.25) is 0 Å². The van der Waals surface area contributed by atoms with Gasteiger partial charge < -0.3 is 24.1 Å². The number of halogens is 1. The van der Waals surface area contributed by atoms with E-state index in [-0.39, 0.29) is 6.61 Å². The average Bonchev–Trinajstić information content (AvgIpc) is 2.66. The van der Waals surface area contributed by atoms with Crippen LogP contribution in [0.3, 0.4) is 0 Å². The fraction of sp³-hybridized carbons (Fsp3) is 0.429. The summed E-state index contributed by atoms with van der Waals surface area (Å²) in [5.74, 6) is 1.76. The van der Waals surface area contributed by atoms with Gasteiger partial charge in [-0.05, 0) is 0 Å². The number of aliphatic hydroxyl groups is 1. The summed E-state index contributed by atoms with van der Waals surface area (Å²) in [5, 5.41) is 9.53. The monoisotopic (exact) mass is 402 g/mol. The summed E-state index contributed by atoms with van der Waals surface area (Å²) in [4.78, 5) is 15.5. The molecule has 0 atom stereocenters. The molecule has 0 amide bonds. The van der Waals surface area contributed by atoms with Gasteiger partial charge in [0.1, 0.15) is 18.2 Å². The van der Waals surface area contributed by atoms with E-state index in [4.69, 9.17) is 24.1 Å². The molecule has 10 heteroatoms. The van der Waals surface area contributed by atoms with Crippen molar-refractivity contribution in [1.29, 1.82) is 0 Å². The van der Waals surface area contributed by atoms with Crippen LogP contribution in [-0.4, -0.2) is 53.5 Å².